The summed E-state index contributed by atoms with van der Waals surface area (Å²) in [5, 5.41) is 14.6. The zero-order valence-electron chi connectivity index (χ0n) is 18.0. The summed E-state index contributed by atoms with van der Waals surface area (Å²) in [7, 11) is 1.54. The average molecular weight is 443 g/mol. The Morgan fingerprint density at radius 2 is 2.16 bits per heavy atom. The second kappa shape index (κ2) is 8.81. The molecule has 0 radical (unpaired) electrons. The zero-order valence-corrected chi connectivity index (χ0v) is 18.8. The molecule has 4 rings (SSSR count). The van der Waals surface area contributed by atoms with E-state index in [1.165, 1.54) is 13.5 Å². The minimum absolute atomic E-state index is 0.174. The summed E-state index contributed by atoms with van der Waals surface area (Å²) in [4.78, 5) is 15.6. The third-order valence-electron chi connectivity index (χ3n) is 5.87. The SMILES string of the molecule is COc1ccc(NC(=O)c2c(C)oc3ccc(O)c(CN4CCC[C@@H](C)C4)c23)cc1Cl. The first-order valence-corrected chi connectivity index (χ1v) is 10.9. The number of nitrogens with zero attached hydrogens (tertiary/aromatic N) is 1. The lowest BCUT2D eigenvalue weighted by atomic mass is 9.98. The van der Waals surface area contributed by atoms with E-state index in [9.17, 15) is 9.90 Å². The van der Waals surface area contributed by atoms with Gasteiger partial charge in [-0.25, -0.2) is 0 Å². The molecule has 7 heteroatoms. The van der Waals surface area contributed by atoms with Crippen molar-refractivity contribution in [3.8, 4) is 11.5 Å². The maximum atomic E-state index is 13.2. The van der Waals surface area contributed by atoms with Crippen LogP contribution in [0.25, 0.3) is 11.0 Å². The Kier molecular flexibility index (Phi) is 6.12. The summed E-state index contributed by atoms with van der Waals surface area (Å²) in [5.74, 6) is 1.52. The molecule has 164 valence electrons. The molecule has 0 unspecified atom stereocenters. The number of halogens is 1. The number of methoxy groups -OCH3 is 1. The molecule has 1 atom stereocenters. The van der Waals surface area contributed by atoms with Crippen LogP contribution in [-0.2, 0) is 6.54 Å². The lowest BCUT2D eigenvalue weighted by Crippen LogP contribution is -2.33. The van der Waals surface area contributed by atoms with Crippen molar-refractivity contribution >= 4 is 34.2 Å². The number of anilines is 1. The fourth-order valence-electron chi connectivity index (χ4n) is 4.39. The molecule has 2 heterocycles. The van der Waals surface area contributed by atoms with Crippen LogP contribution in [0, 0.1) is 12.8 Å². The first-order chi connectivity index (χ1) is 14.9. The van der Waals surface area contributed by atoms with Gasteiger partial charge in [0.1, 0.15) is 22.8 Å². The highest BCUT2D eigenvalue weighted by Crippen LogP contribution is 2.36. The van der Waals surface area contributed by atoms with Crippen molar-refractivity contribution in [2.24, 2.45) is 5.92 Å². The van der Waals surface area contributed by atoms with Crippen molar-refractivity contribution in [3.05, 3.63) is 52.2 Å². The van der Waals surface area contributed by atoms with E-state index in [1.54, 1.807) is 37.3 Å². The van der Waals surface area contributed by atoms with Crippen LogP contribution < -0.4 is 10.1 Å². The number of piperidine rings is 1. The lowest BCUT2D eigenvalue weighted by Gasteiger charge is -2.31. The molecule has 0 saturated carbocycles. The molecule has 0 aliphatic carbocycles. The van der Waals surface area contributed by atoms with Gasteiger partial charge in [0.2, 0.25) is 0 Å². The molecule has 6 nitrogen and oxygen atoms in total. The molecule has 31 heavy (non-hydrogen) atoms. The Bertz CT molecular complexity index is 1120. The molecule has 1 amide bonds. The van der Waals surface area contributed by atoms with Gasteiger partial charge in [-0.3, -0.25) is 9.69 Å². The number of hydrogen-bond acceptors (Lipinski definition) is 5. The number of fused-ring (bicyclic) bond motifs is 1. The van der Waals surface area contributed by atoms with E-state index in [4.69, 9.17) is 20.8 Å². The second-order valence-electron chi connectivity index (χ2n) is 8.26. The number of benzene rings is 2. The van der Waals surface area contributed by atoms with Gasteiger partial charge in [0.25, 0.3) is 5.91 Å². The number of aromatic hydroxyl groups is 1. The first-order valence-electron chi connectivity index (χ1n) is 10.5. The maximum absolute atomic E-state index is 13.2. The van der Waals surface area contributed by atoms with Crippen LogP contribution in [-0.4, -0.2) is 36.1 Å². The average Bonchev–Trinajstić information content (AvgIpc) is 3.07. The Balaban J connectivity index is 1.70. The number of nitrogens with one attached hydrogen (secondary N) is 1. The zero-order chi connectivity index (χ0) is 22.1. The topological polar surface area (TPSA) is 74.9 Å². The van der Waals surface area contributed by atoms with E-state index in [0.717, 1.165) is 25.1 Å². The predicted molar refractivity (Wildman–Crippen MR) is 122 cm³/mol. The maximum Gasteiger partial charge on any atom is 0.259 e. The minimum Gasteiger partial charge on any atom is -0.508 e. The van der Waals surface area contributed by atoms with Crippen molar-refractivity contribution in [2.45, 2.75) is 33.2 Å². The largest absolute Gasteiger partial charge is 0.508 e. The van der Waals surface area contributed by atoms with E-state index in [0.29, 0.717) is 51.2 Å². The Morgan fingerprint density at radius 1 is 1.35 bits per heavy atom. The number of phenols is 1. The fourth-order valence-corrected chi connectivity index (χ4v) is 4.65. The van der Waals surface area contributed by atoms with Crippen molar-refractivity contribution in [1.82, 2.24) is 4.90 Å². The number of amides is 1. The Labute approximate surface area is 186 Å². The van der Waals surface area contributed by atoms with Crippen LogP contribution in [0.1, 0.15) is 41.4 Å². The summed E-state index contributed by atoms with van der Waals surface area (Å²) in [6, 6.07) is 8.42. The van der Waals surface area contributed by atoms with Gasteiger partial charge >= 0.3 is 0 Å². The highest BCUT2D eigenvalue weighted by atomic mass is 35.5. The highest BCUT2D eigenvalue weighted by molar-refractivity contribution is 6.32. The minimum atomic E-state index is -0.309. The van der Waals surface area contributed by atoms with Crippen molar-refractivity contribution in [1.29, 1.82) is 0 Å². The van der Waals surface area contributed by atoms with Crippen LogP contribution in [0.2, 0.25) is 5.02 Å². The van der Waals surface area contributed by atoms with Crippen LogP contribution in [0.4, 0.5) is 5.69 Å². The van der Waals surface area contributed by atoms with Gasteiger partial charge in [-0.05, 0) is 62.6 Å². The van der Waals surface area contributed by atoms with E-state index < -0.39 is 0 Å². The monoisotopic (exact) mass is 442 g/mol. The molecule has 1 saturated heterocycles. The fraction of sp³-hybridized carbons (Fsp3) is 0.375. The number of rotatable bonds is 5. The number of ether oxygens (including phenoxy) is 1. The normalized spacial score (nSPS) is 17.1. The molecule has 2 N–H and O–H groups in total. The van der Waals surface area contributed by atoms with Gasteiger partial charge in [-0.2, -0.15) is 0 Å². The van der Waals surface area contributed by atoms with Crippen molar-refractivity contribution in [3.63, 3.8) is 0 Å². The number of hydrogen-bond donors (Lipinski definition) is 2. The van der Waals surface area contributed by atoms with Gasteiger partial charge in [-0.15, -0.1) is 0 Å². The van der Waals surface area contributed by atoms with Gasteiger partial charge < -0.3 is 19.6 Å². The molecule has 1 aromatic heterocycles. The van der Waals surface area contributed by atoms with Gasteiger partial charge in [0.15, 0.2) is 0 Å². The van der Waals surface area contributed by atoms with Crippen LogP contribution in [0.15, 0.2) is 34.7 Å². The predicted octanol–water partition coefficient (Wildman–Crippen LogP) is 5.59. The number of likely N-dealkylation sites (tertiary alicyclic amines) is 1. The molecule has 3 aromatic rings. The van der Waals surface area contributed by atoms with Crippen LogP contribution in [0.3, 0.4) is 0 Å². The first kappa shape index (κ1) is 21.5. The highest BCUT2D eigenvalue weighted by Gasteiger charge is 2.25. The van der Waals surface area contributed by atoms with E-state index in [1.807, 2.05) is 0 Å². The summed E-state index contributed by atoms with van der Waals surface area (Å²) in [5.41, 5.74) is 2.30. The molecular weight excluding hydrogens is 416 g/mol. The van der Waals surface area contributed by atoms with E-state index in [2.05, 4.69) is 17.1 Å². The number of carbonyl (C=O) groups is 1. The molecule has 0 spiro atoms. The third-order valence-corrected chi connectivity index (χ3v) is 6.17. The molecule has 2 aromatic carbocycles. The lowest BCUT2D eigenvalue weighted by molar-refractivity contribution is 0.102. The Hall–Kier alpha value is -2.70. The molecule has 0 bridgehead atoms. The van der Waals surface area contributed by atoms with Gasteiger partial charge in [0.05, 0.1) is 17.7 Å². The number of phenolic OH excluding ortho intramolecular Hbond substituents is 1. The second-order valence-corrected chi connectivity index (χ2v) is 8.66. The van der Waals surface area contributed by atoms with E-state index in [-0.39, 0.29) is 11.7 Å². The number of aryl methyl sites for hydroxylation is 1. The molecule has 1 fully saturated rings. The summed E-state index contributed by atoms with van der Waals surface area (Å²) in [6.07, 6.45) is 2.35. The van der Waals surface area contributed by atoms with Crippen molar-refractivity contribution in [2.75, 3.05) is 25.5 Å². The van der Waals surface area contributed by atoms with Crippen LogP contribution >= 0.6 is 11.6 Å². The third kappa shape index (κ3) is 4.36. The standard InChI is InChI=1S/C24H27ClN2O4/c1-14-5-4-10-27(12-14)13-17-19(28)7-9-21-23(17)22(15(2)31-21)24(29)26-16-6-8-20(30-3)18(25)11-16/h6-9,11,14,28H,4-5,10,12-13H2,1-3H3,(H,26,29)/t14-/m1/s1. The quantitative estimate of drug-likeness (QED) is 0.538. The summed E-state index contributed by atoms with van der Waals surface area (Å²) < 4.78 is 11.1. The number of furan rings is 1. The molecule has 1 aliphatic rings. The smallest absolute Gasteiger partial charge is 0.259 e. The van der Waals surface area contributed by atoms with Crippen LogP contribution in [0.5, 0.6) is 11.5 Å². The summed E-state index contributed by atoms with van der Waals surface area (Å²) >= 11 is 6.20. The Morgan fingerprint density at radius 3 is 2.87 bits per heavy atom. The molecular formula is C24H27ClN2O4. The van der Waals surface area contributed by atoms with Crippen molar-refractivity contribution < 1.29 is 19.1 Å². The number of carbonyl (C=O) groups excluding carboxylic acids is 1. The molecule has 1 aliphatic heterocycles. The van der Waals surface area contributed by atoms with E-state index >= 15 is 0 Å². The summed E-state index contributed by atoms with van der Waals surface area (Å²) in [6.45, 7) is 6.52. The van der Waals surface area contributed by atoms with Gasteiger partial charge in [-0.1, -0.05) is 18.5 Å². The van der Waals surface area contributed by atoms with Gasteiger partial charge in [0, 0.05) is 29.7 Å².